The van der Waals surface area contributed by atoms with Crippen LogP contribution in [0.4, 0.5) is 5.69 Å². The Morgan fingerprint density at radius 1 is 1.45 bits per heavy atom. The lowest BCUT2D eigenvalue weighted by Crippen LogP contribution is -2.30. The van der Waals surface area contributed by atoms with E-state index in [9.17, 15) is 13.2 Å². The van der Waals surface area contributed by atoms with E-state index in [0.29, 0.717) is 5.75 Å². The van der Waals surface area contributed by atoms with Crippen LogP contribution in [-0.4, -0.2) is 39.2 Å². The number of anilines is 1. The van der Waals surface area contributed by atoms with E-state index < -0.39 is 16.1 Å². The SMILES string of the molecule is COc1ccc(S(=O)(=O)NC[C@@H](C)O)cc1NC(C)=O. The molecule has 0 aromatic heterocycles. The normalized spacial score (nSPS) is 12.8. The lowest BCUT2D eigenvalue weighted by atomic mass is 10.3. The van der Waals surface area contributed by atoms with Crippen LogP contribution in [-0.2, 0) is 14.8 Å². The van der Waals surface area contributed by atoms with Crippen molar-refractivity contribution in [1.82, 2.24) is 4.72 Å². The van der Waals surface area contributed by atoms with Crippen molar-refractivity contribution in [1.29, 1.82) is 0 Å². The summed E-state index contributed by atoms with van der Waals surface area (Å²) in [5.41, 5.74) is 0.264. The van der Waals surface area contributed by atoms with Crippen molar-refractivity contribution in [3.63, 3.8) is 0 Å². The summed E-state index contributed by atoms with van der Waals surface area (Å²) in [6, 6.07) is 4.10. The molecule has 0 aliphatic heterocycles. The molecule has 0 unspecified atom stereocenters. The fraction of sp³-hybridized carbons (Fsp3) is 0.417. The smallest absolute Gasteiger partial charge is 0.240 e. The molecule has 8 heteroatoms. The maximum Gasteiger partial charge on any atom is 0.240 e. The van der Waals surface area contributed by atoms with Gasteiger partial charge in [-0.3, -0.25) is 4.79 Å². The van der Waals surface area contributed by atoms with Crippen molar-refractivity contribution < 1.29 is 23.1 Å². The van der Waals surface area contributed by atoms with Crippen LogP contribution >= 0.6 is 0 Å². The number of hydrogen-bond donors (Lipinski definition) is 3. The van der Waals surface area contributed by atoms with Crippen molar-refractivity contribution >= 4 is 21.6 Å². The van der Waals surface area contributed by atoms with E-state index >= 15 is 0 Å². The second-order valence-electron chi connectivity index (χ2n) is 4.24. The molecule has 0 heterocycles. The van der Waals surface area contributed by atoms with Gasteiger partial charge in [0.15, 0.2) is 0 Å². The highest BCUT2D eigenvalue weighted by molar-refractivity contribution is 7.89. The third kappa shape index (κ3) is 4.48. The van der Waals surface area contributed by atoms with Gasteiger partial charge in [0.2, 0.25) is 15.9 Å². The molecule has 1 aromatic rings. The van der Waals surface area contributed by atoms with E-state index in [1.807, 2.05) is 0 Å². The Morgan fingerprint density at radius 3 is 2.60 bits per heavy atom. The zero-order chi connectivity index (χ0) is 15.3. The van der Waals surface area contributed by atoms with Gasteiger partial charge < -0.3 is 15.2 Å². The molecule has 0 aliphatic rings. The van der Waals surface area contributed by atoms with Gasteiger partial charge in [-0.05, 0) is 25.1 Å². The molecule has 112 valence electrons. The molecule has 3 N–H and O–H groups in total. The van der Waals surface area contributed by atoms with Crippen molar-refractivity contribution in [2.45, 2.75) is 24.8 Å². The number of benzene rings is 1. The first kappa shape index (κ1) is 16.4. The molecule has 1 rings (SSSR count). The van der Waals surface area contributed by atoms with E-state index in [1.54, 1.807) is 0 Å². The lowest BCUT2D eigenvalue weighted by molar-refractivity contribution is -0.114. The van der Waals surface area contributed by atoms with Gasteiger partial charge in [0.05, 0.1) is 23.8 Å². The third-order valence-corrected chi connectivity index (χ3v) is 3.78. The van der Waals surface area contributed by atoms with Crippen LogP contribution in [0.25, 0.3) is 0 Å². The van der Waals surface area contributed by atoms with Crippen LogP contribution < -0.4 is 14.8 Å². The molecule has 1 amide bonds. The quantitative estimate of drug-likeness (QED) is 0.701. The Morgan fingerprint density at radius 2 is 2.10 bits per heavy atom. The molecule has 20 heavy (non-hydrogen) atoms. The number of sulfonamides is 1. The number of rotatable bonds is 6. The molecule has 0 radical (unpaired) electrons. The zero-order valence-corrected chi connectivity index (χ0v) is 12.3. The average molecular weight is 302 g/mol. The van der Waals surface area contributed by atoms with Gasteiger partial charge in [-0.25, -0.2) is 13.1 Å². The molecular formula is C12H18N2O5S. The number of carbonyl (C=O) groups excluding carboxylic acids is 1. The standard InChI is InChI=1S/C12H18N2O5S/c1-8(15)7-13-20(17,18)10-4-5-12(19-3)11(6-10)14-9(2)16/h4-6,8,13,15H,7H2,1-3H3,(H,14,16)/t8-/m1/s1. The molecule has 0 saturated carbocycles. The van der Waals surface area contributed by atoms with E-state index in [1.165, 1.54) is 39.2 Å². The first-order chi connectivity index (χ1) is 9.26. The van der Waals surface area contributed by atoms with Gasteiger partial charge in [-0.2, -0.15) is 0 Å². The molecule has 1 aromatic carbocycles. The van der Waals surface area contributed by atoms with Gasteiger partial charge in [0.25, 0.3) is 0 Å². The van der Waals surface area contributed by atoms with Crippen LogP contribution in [0.1, 0.15) is 13.8 Å². The summed E-state index contributed by atoms with van der Waals surface area (Å²) in [5, 5.41) is 11.6. The first-order valence-corrected chi connectivity index (χ1v) is 7.38. The second kappa shape index (κ2) is 6.69. The molecule has 7 nitrogen and oxygen atoms in total. The fourth-order valence-corrected chi connectivity index (χ4v) is 2.60. The molecule has 1 atom stereocenters. The number of carbonyl (C=O) groups is 1. The number of aliphatic hydroxyl groups excluding tert-OH is 1. The average Bonchev–Trinajstić information content (AvgIpc) is 2.35. The Labute approximate surface area is 118 Å². The molecular weight excluding hydrogens is 284 g/mol. The Hall–Kier alpha value is -1.64. The van der Waals surface area contributed by atoms with E-state index in [-0.39, 0.29) is 23.0 Å². The van der Waals surface area contributed by atoms with Crippen molar-refractivity contribution in [2.24, 2.45) is 0 Å². The van der Waals surface area contributed by atoms with Crippen molar-refractivity contribution in [3.05, 3.63) is 18.2 Å². The highest BCUT2D eigenvalue weighted by Crippen LogP contribution is 2.27. The monoisotopic (exact) mass is 302 g/mol. The minimum Gasteiger partial charge on any atom is -0.495 e. The Balaban J connectivity index is 3.10. The summed E-state index contributed by atoms with van der Waals surface area (Å²) in [7, 11) is -2.34. The van der Waals surface area contributed by atoms with E-state index in [2.05, 4.69) is 10.0 Å². The van der Waals surface area contributed by atoms with Crippen LogP contribution in [0.15, 0.2) is 23.1 Å². The van der Waals surface area contributed by atoms with E-state index in [0.717, 1.165) is 0 Å². The Bertz CT molecular complexity index is 584. The number of methoxy groups -OCH3 is 1. The number of amides is 1. The number of nitrogens with one attached hydrogen (secondary N) is 2. The maximum absolute atomic E-state index is 12.0. The maximum atomic E-state index is 12.0. The highest BCUT2D eigenvalue weighted by atomic mass is 32.2. The van der Waals surface area contributed by atoms with E-state index in [4.69, 9.17) is 9.84 Å². The van der Waals surface area contributed by atoms with Crippen LogP contribution in [0.5, 0.6) is 5.75 Å². The molecule has 0 saturated heterocycles. The topological polar surface area (TPSA) is 105 Å². The van der Waals surface area contributed by atoms with Crippen molar-refractivity contribution in [2.75, 3.05) is 19.0 Å². The minimum absolute atomic E-state index is 0.0253. The summed E-state index contributed by atoms with van der Waals surface area (Å²) in [5.74, 6) is 0.0180. The van der Waals surface area contributed by atoms with Gasteiger partial charge in [-0.1, -0.05) is 0 Å². The lowest BCUT2D eigenvalue weighted by Gasteiger charge is -2.12. The van der Waals surface area contributed by atoms with Gasteiger partial charge in [0.1, 0.15) is 5.75 Å². The minimum atomic E-state index is -3.76. The summed E-state index contributed by atoms with van der Waals surface area (Å²) in [4.78, 5) is 11.1. The number of ether oxygens (including phenoxy) is 1. The molecule has 0 bridgehead atoms. The molecule has 0 spiro atoms. The second-order valence-corrected chi connectivity index (χ2v) is 6.01. The predicted molar refractivity (Wildman–Crippen MR) is 74.2 cm³/mol. The first-order valence-electron chi connectivity index (χ1n) is 5.89. The third-order valence-electron chi connectivity index (χ3n) is 2.36. The largest absolute Gasteiger partial charge is 0.495 e. The Kier molecular flexibility index (Phi) is 5.49. The zero-order valence-electron chi connectivity index (χ0n) is 11.5. The van der Waals surface area contributed by atoms with Crippen LogP contribution in [0, 0.1) is 0 Å². The molecule has 0 fully saturated rings. The van der Waals surface area contributed by atoms with Gasteiger partial charge in [-0.15, -0.1) is 0 Å². The fourth-order valence-electron chi connectivity index (χ4n) is 1.46. The van der Waals surface area contributed by atoms with Crippen LogP contribution in [0.2, 0.25) is 0 Å². The number of aliphatic hydroxyl groups is 1. The summed E-state index contributed by atoms with van der Waals surface area (Å²) in [6.07, 6.45) is -0.794. The van der Waals surface area contributed by atoms with Crippen molar-refractivity contribution in [3.8, 4) is 5.75 Å². The summed E-state index contributed by atoms with van der Waals surface area (Å²) in [6.45, 7) is 2.69. The number of hydrogen-bond acceptors (Lipinski definition) is 5. The van der Waals surface area contributed by atoms with Gasteiger partial charge in [0, 0.05) is 13.5 Å². The predicted octanol–water partition coefficient (Wildman–Crippen LogP) is 0.313. The summed E-state index contributed by atoms with van der Waals surface area (Å²) >= 11 is 0. The summed E-state index contributed by atoms with van der Waals surface area (Å²) < 4.78 is 31.3. The van der Waals surface area contributed by atoms with Gasteiger partial charge >= 0.3 is 0 Å². The molecule has 0 aliphatic carbocycles. The van der Waals surface area contributed by atoms with Crippen LogP contribution in [0.3, 0.4) is 0 Å². The highest BCUT2D eigenvalue weighted by Gasteiger charge is 2.17.